The number of likely N-dealkylation sites (tertiary alicyclic amines) is 1. The summed E-state index contributed by atoms with van der Waals surface area (Å²) in [6.07, 6.45) is -0.408. The van der Waals surface area contributed by atoms with E-state index in [2.05, 4.69) is 0 Å². The molecule has 2 aromatic carbocycles. The number of aliphatic hydroxyl groups is 1. The summed E-state index contributed by atoms with van der Waals surface area (Å²) < 4.78 is 47.1. The number of nitrogens with zero attached hydrogens (tertiary/aromatic N) is 4. The van der Waals surface area contributed by atoms with Gasteiger partial charge in [-0.25, -0.2) is 0 Å². The zero-order valence-corrected chi connectivity index (χ0v) is 22.9. The predicted octanol–water partition coefficient (Wildman–Crippen LogP) is 4.83. The lowest BCUT2D eigenvalue weighted by Gasteiger charge is -2.38. The highest BCUT2D eigenvalue weighted by Crippen LogP contribution is 2.44. The molecule has 0 spiro atoms. The Labute approximate surface area is 243 Å². The molecular weight excluding hydrogens is 569 g/mol. The second kappa shape index (κ2) is 11.7. The Kier molecular flexibility index (Phi) is 8.12. The number of fused-ring (bicyclic) bond motifs is 1. The number of nitro groups is 1. The number of β-amino-alcohol motifs (C(OH)–C–C–N with tert-alkyl or cyclic N) is 1. The van der Waals surface area contributed by atoms with E-state index >= 15 is 0 Å². The largest absolute Gasteiger partial charge is 0.480 e. The van der Waals surface area contributed by atoms with Gasteiger partial charge in [-0.15, -0.1) is 0 Å². The molecule has 1 atom stereocenters. The molecule has 4 aromatic rings. The molecule has 43 heavy (non-hydrogen) atoms. The lowest BCUT2D eigenvalue weighted by molar-refractivity contribution is -0.384. The molecule has 0 amide bonds. The zero-order chi connectivity index (χ0) is 30.9. The number of rotatable bonds is 10. The van der Waals surface area contributed by atoms with Crippen LogP contribution in [0.2, 0.25) is 0 Å². The number of ketones is 1. The number of nitro benzene ring substituents is 1. The number of hydrogen-bond donors (Lipinski definition) is 2. The van der Waals surface area contributed by atoms with Crippen LogP contribution in [-0.4, -0.2) is 66.7 Å². The first-order chi connectivity index (χ1) is 20.4. The van der Waals surface area contributed by atoms with Gasteiger partial charge >= 0.3 is 12.1 Å². The molecule has 1 unspecified atom stereocenters. The fourth-order valence-corrected chi connectivity index (χ4v) is 5.72. The maximum Gasteiger partial charge on any atom is 0.422 e. The van der Waals surface area contributed by atoms with E-state index in [4.69, 9.17) is 5.11 Å². The van der Waals surface area contributed by atoms with Crippen LogP contribution in [0.25, 0.3) is 10.9 Å². The van der Waals surface area contributed by atoms with Gasteiger partial charge in [0.05, 0.1) is 10.4 Å². The third-order valence-corrected chi connectivity index (χ3v) is 7.95. The monoisotopic (exact) mass is 598 g/mol. The number of hydrogen-bond acceptors (Lipinski definition) is 6. The summed E-state index contributed by atoms with van der Waals surface area (Å²) in [6, 6.07) is 14.0. The summed E-state index contributed by atoms with van der Waals surface area (Å²) in [5.74, 6) is -1.72. The first-order valence-corrected chi connectivity index (χ1v) is 13.6. The summed E-state index contributed by atoms with van der Waals surface area (Å²) >= 11 is 0. The van der Waals surface area contributed by atoms with Crippen molar-refractivity contribution in [3.05, 3.63) is 100.0 Å². The lowest BCUT2D eigenvalue weighted by atomic mass is 9.87. The van der Waals surface area contributed by atoms with E-state index < -0.39 is 40.7 Å². The maximum atomic E-state index is 14.7. The molecule has 10 nitrogen and oxygen atoms in total. The molecule has 1 aliphatic heterocycles. The number of aliphatic carboxylic acids is 1. The number of carbonyl (C=O) groups is 2. The predicted molar refractivity (Wildman–Crippen MR) is 150 cm³/mol. The standard InChI is InChI=1S/C30H29F3N4O6/c31-30(32,33)29(41,19-34-11-8-21(9-12-34)28(40)22-10-13-35(16-22)18-27(38)39)25-17-36(15-20-4-2-1-3-5-20)26-14-23(37(42)43)6-7-24(25)26/h1-7,10,13-14,16-17,21,41H,8-9,11-12,15,18-19H2,(H,38,39). The first kappa shape index (κ1) is 30.0. The van der Waals surface area contributed by atoms with E-state index in [1.165, 1.54) is 50.8 Å². The number of non-ortho nitro benzene ring substituents is 1. The maximum absolute atomic E-state index is 14.7. The fraction of sp³-hybridized carbons (Fsp3) is 0.333. The van der Waals surface area contributed by atoms with Crippen LogP contribution in [0.15, 0.2) is 73.2 Å². The molecule has 5 rings (SSSR count). The van der Waals surface area contributed by atoms with Gasteiger partial charge in [0, 0.05) is 66.2 Å². The summed E-state index contributed by atoms with van der Waals surface area (Å²) in [4.78, 5) is 36.2. The average molecular weight is 599 g/mol. The zero-order valence-electron chi connectivity index (χ0n) is 22.9. The minimum absolute atomic E-state index is 0.0530. The molecule has 2 N–H and O–H groups in total. The molecule has 13 heteroatoms. The third-order valence-electron chi connectivity index (χ3n) is 7.95. The van der Waals surface area contributed by atoms with Gasteiger partial charge in [-0.05, 0) is 43.6 Å². The van der Waals surface area contributed by atoms with Crippen LogP contribution in [0.1, 0.15) is 34.3 Å². The Morgan fingerprint density at radius 1 is 1.02 bits per heavy atom. The van der Waals surface area contributed by atoms with Crippen LogP contribution in [0, 0.1) is 16.0 Å². The summed E-state index contributed by atoms with van der Waals surface area (Å²) in [6.45, 7) is -0.698. The fourth-order valence-electron chi connectivity index (χ4n) is 5.72. The topological polar surface area (TPSA) is 131 Å². The number of carboxylic acids is 1. The van der Waals surface area contributed by atoms with Crippen molar-refractivity contribution in [2.45, 2.75) is 37.7 Å². The van der Waals surface area contributed by atoms with E-state index in [9.17, 15) is 38.0 Å². The van der Waals surface area contributed by atoms with E-state index in [-0.39, 0.29) is 61.4 Å². The summed E-state index contributed by atoms with van der Waals surface area (Å²) in [7, 11) is 0. The highest BCUT2D eigenvalue weighted by atomic mass is 19.4. The van der Waals surface area contributed by atoms with Gasteiger partial charge in [-0.1, -0.05) is 30.3 Å². The van der Waals surface area contributed by atoms with Crippen molar-refractivity contribution in [1.82, 2.24) is 14.0 Å². The van der Waals surface area contributed by atoms with Crippen LogP contribution >= 0.6 is 0 Å². The van der Waals surface area contributed by atoms with Crippen LogP contribution in [0.3, 0.4) is 0 Å². The number of alkyl halides is 3. The second-order valence-electron chi connectivity index (χ2n) is 10.9. The minimum Gasteiger partial charge on any atom is -0.480 e. The number of carbonyl (C=O) groups excluding carboxylic acids is 1. The quantitative estimate of drug-likeness (QED) is 0.152. The average Bonchev–Trinajstić information content (AvgIpc) is 3.57. The molecule has 2 aromatic heterocycles. The number of Topliss-reactive ketones (excluding diaryl/α,β-unsaturated/α-hetero) is 1. The van der Waals surface area contributed by atoms with Gasteiger partial charge in [-0.2, -0.15) is 13.2 Å². The van der Waals surface area contributed by atoms with E-state index in [0.29, 0.717) is 5.56 Å². The molecular formula is C30H29F3N4O6. The number of aromatic nitrogens is 2. The van der Waals surface area contributed by atoms with Crippen molar-refractivity contribution < 1.29 is 37.9 Å². The Balaban J connectivity index is 1.40. The smallest absolute Gasteiger partial charge is 0.422 e. The second-order valence-corrected chi connectivity index (χ2v) is 10.9. The highest BCUT2D eigenvalue weighted by Gasteiger charge is 2.57. The van der Waals surface area contributed by atoms with Crippen LogP contribution in [0.5, 0.6) is 0 Å². The SMILES string of the molecule is O=C(O)Cn1ccc(C(=O)C2CCN(CC(O)(c3cn(Cc4ccccc4)c4cc([N+](=O)[O-])ccc34)C(F)(F)F)CC2)c1. The molecule has 3 heterocycles. The van der Waals surface area contributed by atoms with Gasteiger partial charge < -0.3 is 19.3 Å². The molecule has 0 radical (unpaired) electrons. The van der Waals surface area contributed by atoms with Crippen LogP contribution in [0.4, 0.5) is 18.9 Å². The Bertz CT molecular complexity index is 1660. The summed E-state index contributed by atoms with van der Waals surface area (Å²) in [5, 5.41) is 31.9. The molecule has 0 saturated carbocycles. The Morgan fingerprint density at radius 3 is 2.35 bits per heavy atom. The van der Waals surface area contributed by atoms with Gasteiger partial charge in [-0.3, -0.25) is 24.6 Å². The van der Waals surface area contributed by atoms with Crippen molar-refractivity contribution in [3.8, 4) is 0 Å². The molecule has 1 fully saturated rings. The number of carboxylic acid groups (broad SMARTS) is 1. The van der Waals surface area contributed by atoms with Gasteiger partial charge in [0.1, 0.15) is 6.54 Å². The Morgan fingerprint density at radius 2 is 1.72 bits per heavy atom. The first-order valence-electron chi connectivity index (χ1n) is 13.6. The van der Waals surface area contributed by atoms with Crippen LogP contribution < -0.4 is 0 Å². The normalized spacial score (nSPS) is 16.3. The van der Waals surface area contributed by atoms with E-state index in [1.807, 2.05) is 0 Å². The van der Waals surface area contributed by atoms with E-state index in [1.54, 1.807) is 30.3 Å². The molecule has 0 bridgehead atoms. The van der Waals surface area contributed by atoms with Crippen molar-refractivity contribution >= 4 is 28.3 Å². The molecule has 1 aliphatic rings. The van der Waals surface area contributed by atoms with Crippen molar-refractivity contribution in [2.75, 3.05) is 19.6 Å². The lowest BCUT2D eigenvalue weighted by Crippen LogP contribution is -2.52. The van der Waals surface area contributed by atoms with Crippen molar-refractivity contribution in [2.24, 2.45) is 5.92 Å². The van der Waals surface area contributed by atoms with Gasteiger partial charge in [0.2, 0.25) is 5.60 Å². The number of halogens is 3. The van der Waals surface area contributed by atoms with Crippen LogP contribution in [-0.2, 0) is 23.5 Å². The minimum atomic E-state index is -5.08. The van der Waals surface area contributed by atoms with Gasteiger partial charge in [0.15, 0.2) is 5.78 Å². The third kappa shape index (κ3) is 6.18. The number of piperidine rings is 1. The number of benzene rings is 2. The van der Waals surface area contributed by atoms with Crippen molar-refractivity contribution in [3.63, 3.8) is 0 Å². The van der Waals surface area contributed by atoms with Gasteiger partial charge in [0.25, 0.3) is 5.69 Å². The Hall–Kier alpha value is -4.49. The summed E-state index contributed by atoms with van der Waals surface area (Å²) in [5.41, 5.74) is -2.70. The van der Waals surface area contributed by atoms with Crippen molar-refractivity contribution in [1.29, 1.82) is 0 Å². The molecule has 1 saturated heterocycles. The highest BCUT2D eigenvalue weighted by molar-refractivity contribution is 5.97. The molecule has 226 valence electrons. The van der Waals surface area contributed by atoms with E-state index in [0.717, 1.165) is 11.6 Å². The molecule has 0 aliphatic carbocycles.